The Kier molecular flexibility index (Phi) is 5.14. The minimum Gasteiger partial charge on any atom is -0.484 e. The number of likely N-dealkylation sites (tertiary alicyclic amines) is 1. The first-order valence-electron chi connectivity index (χ1n) is 9.10. The van der Waals surface area contributed by atoms with Crippen LogP contribution in [0.1, 0.15) is 31.1 Å². The van der Waals surface area contributed by atoms with Gasteiger partial charge in [0.25, 0.3) is 11.8 Å². The first-order chi connectivity index (χ1) is 13.7. The van der Waals surface area contributed by atoms with Crippen LogP contribution in [-0.4, -0.2) is 44.1 Å². The summed E-state index contributed by atoms with van der Waals surface area (Å²) in [7, 11) is 0. The maximum Gasteiger partial charge on any atom is 0.280 e. The monoisotopic (exact) mass is 380 g/mol. The van der Waals surface area contributed by atoms with Crippen molar-refractivity contribution in [3.05, 3.63) is 48.5 Å². The molecular formula is C19H20N6O3. The number of nitrogens with zero attached hydrogens (tertiary/aromatic N) is 5. The molecule has 0 radical (unpaired) electrons. The van der Waals surface area contributed by atoms with Gasteiger partial charge in [-0.1, -0.05) is 23.4 Å². The largest absolute Gasteiger partial charge is 0.484 e. The number of carbonyl (C=O) groups excluding carboxylic acids is 1. The molecule has 9 heteroatoms. The summed E-state index contributed by atoms with van der Waals surface area (Å²) in [6, 6.07) is 8.99. The third kappa shape index (κ3) is 3.78. The highest BCUT2D eigenvalue weighted by Crippen LogP contribution is 2.31. The molecule has 3 heterocycles. The number of nitrogen functional groups attached to an aromatic ring is 1. The number of aromatic nitrogens is 4. The van der Waals surface area contributed by atoms with Gasteiger partial charge in [-0.15, -0.1) is 0 Å². The van der Waals surface area contributed by atoms with Crippen molar-refractivity contribution < 1.29 is 14.1 Å². The van der Waals surface area contributed by atoms with E-state index < -0.39 is 0 Å². The molecule has 144 valence electrons. The number of hydrogen-bond donors (Lipinski definition) is 1. The summed E-state index contributed by atoms with van der Waals surface area (Å²) < 4.78 is 10.9. The van der Waals surface area contributed by atoms with Crippen molar-refractivity contribution in [1.29, 1.82) is 0 Å². The molecule has 4 rings (SSSR count). The second kappa shape index (κ2) is 8.03. The van der Waals surface area contributed by atoms with Gasteiger partial charge >= 0.3 is 0 Å². The van der Waals surface area contributed by atoms with Crippen LogP contribution in [0.3, 0.4) is 0 Å². The number of amides is 1. The Balaban J connectivity index is 1.49. The van der Waals surface area contributed by atoms with Crippen molar-refractivity contribution in [2.24, 2.45) is 0 Å². The van der Waals surface area contributed by atoms with E-state index >= 15 is 0 Å². The van der Waals surface area contributed by atoms with Crippen LogP contribution in [0.5, 0.6) is 5.75 Å². The Morgan fingerprint density at radius 3 is 2.86 bits per heavy atom. The van der Waals surface area contributed by atoms with Gasteiger partial charge in [-0.2, -0.15) is 4.98 Å². The lowest BCUT2D eigenvalue weighted by Gasteiger charge is -2.33. The van der Waals surface area contributed by atoms with Crippen LogP contribution >= 0.6 is 0 Å². The highest BCUT2D eigenvalue weighted by atomic mass is 16.5. The fourth-order valence-electron chi connectivity index (χ4n) is 3.22. The number of benzene rings is 1. The lowest BCUT2D eigenvalue weighted by atomic mass is 10.0. The summed E-state index contributed by atoms with van der Waals surface area (Å²) in [6.07, 6.45) is 5.66. The van der Waals surface area contributed by atoms with E-state index in [1.807, 2.05) is 30.3 Å². The number of nitrogens with two attached hydrogens (primary N) is 1. The average Bonchev–Trinajstić information content (AvgIpc) is 3.23. The normalized spacial score (nSPS) is 16.7. The van der Waals surface area contributed by atoms with E-state index in [1.54, 1.807) is 4.90 Å². The molecule has 0 saturated carbocycles. The Labute approximate surface area is 161 Å². The van der Waals surface area contributed by atoms with Crippen LogP contribution in [0.2, 0.25) is 0 Å². The van der Waals surface area contributed by atoms with Crippen LogP contribution in [0, 0.1) is 0 Å². The third-order valence-corrected chi connectivity index (χ3v) is 4.60. The van der Waals surface area contributed by atoms with Crippen molar-refractivity contribution in [1.82, 2.24) is 25.0 Å². The Hall–Kier alpha value is -3.49. The minimum atomic E-state index is -0.268. The second-order valence-electron chi connectivity index (χ2n) is 6.45. The minimum absolute atomic E-state index is 0.0394. The molecule has 28 heavy (non-hydrogen) atoms. The fraction of sp³-hybridized carbons (Fsp3) is 0.316. The molecule has 3 aromatic rings. The number of para-hydroxylation sites is 1. The molecule has 1 amide bonds. The van der Waals surface area contributed by atoms with Crippen molar-refractivity contribution in [2.75, 3.05) is 18.9 Å². The van der Waals surface area contributed by atoms with Crippen molar-refractivity contribution in [3.8, 4) is 17.3 Å². The zero-order chi connectivity index (χ0) is 19.3. The summed E-state index contributed by atoms with van der Waals surface area (Å²) >= 11 is 0. The number of rotatable bonds is 5. The van der Waals surface area contributed by atoms with Gasteiger partial charge in [-0.3, -0.25) is 4.79 Å². The zero-order valence-corrected chi connectivity index (χ0v) is 15.2. The number of anilines is 1. The molecule has 1 unspecified atom stereocenters. The van der Waals surface area contributed by atoms with Crippen LogP contribution in [-0.2, 0) is 4.79 Å². The molecule has 1 saturated heterocycles. The number of ether oxygens (including phenoxy) is 1. The summed E-state index contributed by atoms with van der Waals surface area (Å²) in [5.74, 6) is 1.39. The van der Waals surface area contributed by atoms with Gasteiger partial charge in [-0.05, 0) is 31.4 Å². The van der Waals surface area contributed by atoms with Gasteiger partial charge in [0, 0.05) is 18.9 Å². The maximum absolute atomic E-state index is 12.8. The van der Waals surface area contributed by atoms with Crippen molar-refractivity contribution >= 4 is 11.7 Å². The van der Waals surface area contributed by atoms with Crippen LogP contribution < -0.4 is 10.5 Å². The van der Waals surface area contributed by atoms with Gasteiger partial charge in [0.15, 0.2) is 23.9 Å². The van der Waals surface area contributed by atoms with E-state index in [0.29, 0.717) is 23.8 Å². The molecule has 0 spiro atoms. The predicted octanol–water partition coefficient (Wildman–Crippen LogP) is 2.24. The zero-order valence-electron chi connectivity index (χ0n) is 15.2. The molecule has 0 aliphatic carbocycles. The lowest BCUT2D eigenvalue weighted by Crippen LogP contribution is -2.41. The molecule has 1 aliphatic heterocycles. The highest BCUT2D eigenvalue weighted by molar-refractivity contribution is 5.78. The molecule has 2 N–H and O–H groups in total. The van der Waals surface area contributed by atoms with Crippen LogP contribution in [0.4, 0.5) is 5.82 Å². The highest BCUT2D eigenvalue weighted by Gasteiger charge is 2.32. The molecule has 1 aliphatic rings. The predicted molar refractivity (Wildman–Crippen MR) is 100.0 cm³/mol. The smallest absolute Gasteiger partial charge is 0.280 e. The quantitative estimate of drug-likeness (QED) is 0.715. The van der Waals surface area contributed by atoms with E-state index in [2.05, 4.69) is 20.1 Å². The standard InChI is InChI=1S/C19H20N6O3/c20-17-16(21-9-10-22-17)19-23-18(24-28-19)14-8-4-5-11-25(14)15(26)12-27-13-6-2-1-3-7-13/h1-3,6-7,9-10,14H,4-5,8,11-12H2,(H2,20,22). The van der Waals surface area contributed by atoms with E-state index in [4.69, 9.17) is 15.0 Å². The summed E-state index contributed by atoms with van der Waals surface area (Å²) in [5, 5.41) is 4.06. The summed E-state index contributed by atoms with van der Waals surface area (Å²) in [6.45, 7) is 0.584. The second-order valence-corrected chi connectivity index (χ2v) is 6.45. The molecular weight excluding hydrogens is 360 g/mol. The molecule has 1 aromatic carbocycles. The van der Waals surface area contributed by atoms with E-state index in [-0.39, 0.29) is 30.3 Å². The third-order valence-electron chi connectivity index (χ3n) is 4.60. The molecule has 0 bridgehead atoms. The van der Waals surface area contributed by atoms with E-state index in [9.17, 15) is 4.79 Å². The van der Waals surface area contributed by atoms with E-state index in [1.165, 1.54) is 12.4 Å². The molecule has 2 aromatic heterocycles. The summed E-state index contributed by atoms with van der Waals surface area (Å²) in [4.78, 5) is 27.1. The fourth-order valence-corrected chi connectivity index (χ4v) is 3.22. The Morgan fingerprint density at radius 1 is 1.21 bits per heavy atom. The van der Waals surface area contributed by atoms with Gasteiger partial charge in [-0.25, -0.2) is 9.97 Å². The SMILES string of the molecule is Nc1nccnc1-c1nc(C2CCCCN2C(=O)COc2ccccc2)no1. The maximum atomic E-state index is 12.8. The number of piperidine rings is 1. The number of hydrogen-bond acceptors (Lipinski definition) is 8. The topological polar surface area (TPSA) is 120 Å². The van der Waals surface area contributed by atoms with Gasteiger partial charge in [0.1, 0.15) is 5.75 Å². The van der Waals surface area contributed by atoms with Gasteiger partial charge in [0.05, 0.1) is 6.04 Å². The number of carbonyl (C=O) groups is 1. The average molecular weight is 380 g/mol. The molecule has 9 nitrogen and oxygen atoms in total. The Morgan fingerprint density at radius 2 is 2.04 bits per heavy atom. The van der Waals surface area contributed by atoms with Crippen LogP contribution in [0.25, 0.3) is 11.6 Å². The van der Waals surface area contributed by atoms with Crippen molar-refractivity contribution in [2.45, 2.75) is 25.3 Å². The first-order valence-corrected chi connectivity index (χ1v) is 9.10. The van der Waals surface area contributed by atoms with Gasteiger partial charge in [0.2, 0.25) is 0 Å². The summed E-state index contributed by atoms with van der Waals surface area (Å²) in [5.41, 5.74) is 6.16. The van der Waals surface area contributed by atoms with Crippen LogP contribution in [0.15, 0.2) is 47.2 Å². The molecule has 1 atom stereocenters. The van der Waals surface area contributed by atoms with Gasteiger partial charge < -0.3 is 19.9 Å². The first kappa shape index (κ1) is 17.9. The van der Waals surface area contributed by atoms with E-state index in [0.717, 1.165) is 19.3 Å². The molecule has 1 fully saturated rings. The lowest BCUT2D eigenvalue weighted by molar-refractivity contribution is -0.137. The Bertz CT molecular complexity index is 946. The van der Waals surface area contributed by atoms with Crippen molar-refractivity contribution in [3.63, 3.8) is 0 Å².